The summed E-state index contributed by atoms with van der Waals surface area (Å²) in [4.78, 5) is 7.30. The van der Waals surface area contributed by atoms with Gasteiger partial charge in [-0.05, 0) is 38.3 Å². The predicted octanol–water partition coefficient (Wildman–Crippen LogP) is 3.21. The van der Waals surface area contributed by atoms with Crippen molar-refractivity contribution in [3.63, 3.8) is 0 Å². The number of anilines is 1. The molecule has 0 radical (unpaired) electrons. The largest absolute Gasteiger partial charge is 0.355 e. The van der Waals surface area contributed by atoms with E-state index in [0.717, 1.165) is 37.1 Å². The number of unbranched alkanes of at least 4 members (excludes halogenated alkanes) is 1. The second-order valence-electron chi connectivity index (χ2n) is 5.90. The van der Waals surface area contributed by atoms with Crippen LogP contribution in [0.4, 0.5) is 5.82 Å². The minimum atomic E-state index is 0.720. The predicted molar refractivity (Wildman–Crippen MR) is 87.8 cm³/mol. The van der Waals surface area contributed by atoms with Crippen molar-refractivity contribution in [1.29, 1.82) is 0 Å². The van der Waals surface area contributed by atoms with E-state index in [0.29, 0.717) is 0 Å². The van der Waals surface area contributed by atoms with E-state index in [1.165, 1.54) is 31.4 Å². The summed E-state index contributed by atoms with van der Waals surface area (Å²) in [5.41, 5.74) is 2.35. The van der Waals surface area contributed by atoms with E-state index in [-0.39, 0.29) is 0 Å². The number of rotatable bonds is 8. The highest BCUT2D eigenvalue weighted by atomic mass is 15.2. The van der Waals surface area contributed by atoms with Gasteiger partial charge in [0.2, 0.25) is 0 Å². The SMILES string of the molecule is CCCCN(CC)c1nc2ccccn2c1CNC1CC1. The van der Waals surface area contributed by atoms with Crippen molar-refractivity contribution in [3.8, 4) is 0 Å². The van der Waals surface area contributed by atoms with Crippen LogP contribution in [0, 0.1) is 0 Å². The highest BCUT2D eigenvalue weighted by Crippen LogP contribution is 2.25. The van der Waals surface area contributed by atoms with Crippen LogP contribution in [0.2, 0.25) is 0 Å². The van der Waals surface area contributed by atoms with Crippen LogP contribution in [0.1, 0.15) is 45.2 Å². The van der Waals surface area contributed by atoms with Crippen molar-refractivity contribution in [2.45, 2.75) is 52.1 Å². The fourth-order valence-electron chi connectivity index (χ4n) is 2.74. The van der Waals surface area contributed by atoms with Crippen molar-refractivity contribution in [2.75, 3.05) is 18.0 Å². The van der Waals surface area contributed by atoms with Crippen molar-refractivity contribution in [3.05, 3.63) is 30.1 Å². The van der Waals surface area contributed by atoms with Crippen molar-refractivity contribution in [1.82, 2.24) is 14.7 Å². The molecule has 4 heteroatoms. The highest BCUT2D eigenvalue weighted by molar-refractivity contribution is 5.56. The Kier molecular flexibility index (Phi) is 4.44. The molecule has 114 valence electrons. The van der Waals surface area contributed by atoms with Gasteiger partial charge in [0.15, 0.2) is 5.82 Å². The first kappa shape index (κ1) is 14.4. The fourth-order valence-corrected chi connectivity index (χ4v) is 2.74. The molecule has 0 aliphatic heterocycles. The van der Waals surface area contributed by atoms with Gasteiger partial charge in [-0.2, -0.15) is 0 Å². The Morgan fingerprint density at radius 1 is 1.33 bits per heavy atom. The van der Waals surface area contributed by atoms with Crippen LogP contribution < -0.4 is 10.2 Å². The summed E-state index contributed by atoms with van der Waals surface area (Å²) >= 11 is 0. The van der Waals surface area contributed by atoms with E-state index in [1.54, 1.807) is 0 Å². The Labute approximate surface area is 127 Å². The second-order valence-corrected chi connectivity index (χ2v) is 5.90. The fraction of sp³-hybridized carbons (Fsp3) is 0.588. The van der Waals surface area contributed by atoms with Crippen molar-refractivity contribution in [2.24, 2.45) is 0 Å². The van der Waals surface area contributed by atoms with Gasteiger partial charge in [-0.15, -0.1) is 0 Å². The molecule has 4 nitrogen and oxygen atoms in total. The van der Waals surface area contributed by atoms with E-state index >= 15 is 0 Å². The number of fused-ring (bicyclic) bond motifs is 1. The van der Waals surface area contributed by atoms with E-state index in [9.17, 15) is 0 Å². The van der Waals surface area contributed by atoms with Crippen LogP contribution in [-0.4, -0.2) is 28.5 Å². The summed E-state index contributed by atoms with van der Waals surface area (Å²) in [6.45, 7) is 7.48. The van der Waals surface area contributed by atoms with Crippen LogP contribution in [0.3, 0.4) is 0 Å². The summed E-state index contributed by atoms with van der Waals surface area (Å²) < 4.78 is 2.24. The summed E-state index contributed by atoms with van der Waals surface area (Å²) in [7, 11) is 0. The molecule has 2 aromatic heterocycles. The smallest absolute Gasteiger partial charge is 0.152 e. The molecule has 0 amide bonds. The topological polar surface area (TPSA) is 32.6 Å². The van der Waals surface area contributed by atoms with Gasteiger partial charge in [-0.1, -0.05) is 19.4 Å². The monoisotopic (exact) mass is 286 g/mol. The first-order valence-electron chi connectivity index (χ1n) is 8.27. The number of hydrogen-bond acceptors (Lipinski definition) is 3. The summed E-state index contributed by atoms with van der Waals surface area (Å²) in [6, 6.07) is 6.96. The van der Waals surface area contributed by atoms with E-state index < -0.39 is 0 Å². The molecule has 1 fully saturated rings. The molecule has 2 aromatic rings. The number of pyridine rings is 1. The molecule has 0 bridgehead atoms. The van der Waals surface area contributed by atoms with Gasteiger partial charge < -0.3 is 14.6 Å². The molecule has 0 aromatic carbocycles. The minimum Gasteiger partial charge on any atom is -0.355 e. The molecule has 2 heterocycles. The third-order valence-corrected chi connectivity index (χ3v) is 4.21. The Morgan fingerprint density at radius 2 is 2.19 bits per heavy atom. The number of nitrogens with one attached hydrogen (secondary N) is 1. The number of hydrogen-bond donors (Lipinski definition) is 1. The molecular weight excluding hydrogens is 260 g/mol. The molecule has 3 rings (SSSR count). The Bertz CT molecular complexity index is 585. The lowest BCUT2D eigenvalue weighted by atomic mass is 10.3. The van der Waals surface area contributed by atoms with E-state index in [4.69, 9.17) is 4.98 Å². The Balaban J connectivity index is 1.91. The number of nitrogens with zero attached hydrogens (tertiary/aromatic N) is 3. The van der Waals surface area contributed by atoms with Crippen LogP contribution >= 0.6 is 0 Å². The van der Waals surface area contributed by atoms with Gasteiger partial charge >= 0.3 is 0 Å². The molecule has 0 spiro atoms. The first-order valence-corrected chi connectivity index (χ1v) is 8.27. The molecule has 0 saturated heterocycles. The Hall–Kier alpha value is -1.55. The lowest BCUT2D eigenvalue weighted by Crippen LogP contribution is -2.27. The van der Waals surface area contributed by atoms with Crippen LogP contribution in [0.15, 0.2) is 24.4 Å². The third kappa shape index (κ3) is 3.21. The van der Waals surface area contributed by atoms with Gasteiger partial charge in [0.1, 0.15) is 5.65 Å². The molecule has 1 aliphatic rings. The summed E-state index contributed by atoms with van der Waals surface area (Å²) in [6.07, 6.45) is 7.21. The molecule has 1 aliphatic carbocycles. The number of imidazole rings is 1. The molecule has 21 heavy (non-hydrogen) atoms. The minimum absolute atomic E-state index is 0.720. The van der Waals surface area contributed by atoms with Crippen molar-refractivity contribution >= 4 is 11.5 Å². The maximum absolute atomic E-state index is 4.88. The second kappa shape index (κ2) is 6.48. The van der Waals surface area contributed by atoms with E-state index in [1.807, 2.05) is 0 Å². The summed E-state index contributed by atoms with van der Waals surface area (Å²) in [5, 5.41) is 3.64. The lowest BCUT2D eigenvalue weighted by Gasteiger charge is -2.22. The molecule has 0 unspecified atom stereocenters. The molecule has 1 saturated carbocycles. The van der Waals surface area contributed by atoms with Gasteiger partial charge in [0.05, 0.1) is 5.69 Å². The zero-order chi connectivity index (χ0) is 14.7. The quantitative estimate of drug-likeness (QED) is 0.809. The van der Waals surface area contributed by atoms with Crippen LogP contribution in [0.5, 0.6) is 0 Å². The highest BCUT2D eigenvalue weighted by Gasteiger charge is 2.23. The van der Waals surface area contributed by atoms with Gasteiger partial charge in [0.25, 0.3) is 0 Å². The average molecular weight is 286 g/mol. The third-order valence-electron chi connectivity index (χ3n) is 4.21. The Morgan fingerprint density at radius 3 is 2.90 bits per heavy atom. The number of aromatic nitrogens is 2. The lowest BCUT2D eigenvalue weighted by molar-refractivity contribution is 0.661. The average Bonchev–Trinajstić information content (AvgIpc) is 3.27. The maximum atomic E-state index is 4.88. The maximum Gasteiger partial charge on any atom is 0.152 e. The molecular formula is C17H26N4. The van der Waals surface area contributed by atoms with Crippen LogP contribution in [-0.2, 0) is 6.54 Å². The van der Waals surface area contributed by atoms with Gasteiger partial charge in [-0.3, -0.25) is 0 Å². The first-order chi connectivity index (χ1) is 10.3. The van der Waals surface area contributed by atoms with Crippen molar-refractivity contribution < 1.29 is 0 Å². The normalized spacial score (nSPS) is 14.8. The summed E-state index contributed by atoms with van der Waals surface area (Å²) in [5.74, 6) is 1.16. The van der Waals surface area contributed by atoms with E-state index in [2.05, 4.69) is 52.9 Å². The van der Waals surface area contributed by atoms with Gasteiger partial charge in [0, 0.05) is 31.9 Å². The standard InChI is InChI=1S/C17H26N4/c1-3-5-11-20(4-2)17-15(13-18-14-9-10-14)21-12-7-6-8-16(21)19-17/h6-8,12,14,18H,3-5,9-11,13H2,1-2H3. The zero-order valence-electron chi connectivity index (χ0n) is 13.2. The zero-order valence-corrected chi connectivity index (χ0v) is 13.2. The molecule has 0 atom stereocenters. The van der Waals surface area contributed by atoms with Crippen LogP contribution in [0.25, 0.3) is 5.65 Å². The van der Waals surface area contributed by atoms with Gasteiger partial charge in [-0.25, -0.2) is 4.98 Å². The molecule has 1 N–H and O–H groups in total.